The second kappa shape index (κ2) is 5.35. The summed E-state index contributed by atoms with van der Waals surface area (Å²) in [5.74, 6) is 1.72. The van der Waals surface area contributed by atoms with E-state index < -0.39 is 6.43 Å². The molecule has 0 aliphatic heterocycles. The third kappa shape index (κ3) is 6.21. The SMILES string of the molecule is CC[CH]SCC(F)F. The topological polar surface area (TPSA) is 0 Å². The van der Waals surface area contributed by atoms with Crippen LogP contribution in [0.3, 0.4) is 0 Å². The van der Waals surface area contributed by atoms with Crippen molar-refractivity contribution in [1.29, 1.82) is 0 Å². The van der Waals surface area contributed by atoms with Crippen molar-refractivity contribution < 1.29 is 8.78 Å². The van der Waals surface area contributed by atoms with E-state index in [0.29, 0.717) is 0 Å². The van der Waals surface area contributed by atoms with Crippen LogP contribution in [0.4, 0.5) is 8.78 Å². The Morgan fingerprint density at radius 1 is 1.62 bits per heavy atom. The Morgan fingerprint density at radius 3 is 2.62 bits per heavy atom. The monoisotopic (exact) mass is 139 g/mol. The van der Waals surface area contributed by atoms with Gasteiger partial charge in [0.2, 0.25) is 6.43 Å². The fraction of sp³-hybridized carbons (Fsp3) is 0.800. The number of thioether (sulfide) groups is 1. The zero-order chi connectivity index (χ0) is 6.41. The molecular weight excluding hydrogens is 130 g/mol. The summed E-state index contributed by atoms with van der Waals surface area (Å²) in [7, 11) is 0. The van der Waals surface area contributed by atoms with Crippen LogP contribution >= 0.6 is 11.8 Å². The highest BCUT2D eigenvalue weighted by Gasteiger charge is 1.99. The lowest BCUT2D eigenvalue weighted by molar-refractivity contribution is 0.177. The van der Waals surface area contributed by atoms with Crippen LogP contribution in [-0.2, 0) is 0 Å². The maximum Gasteiger partial charge on any atom is 0.247 e. The minimum atomic E-state index is -2.16. The molecule has 0 saturated heterocycles. The van der Waals surface area contributed by atoms with Gasteiger partial charge >= 0.3 is 0 Å². The quantitative estimate of drug-likeness (QED) is 0.539. The highest BCUT2D eigenvalue weighted by molar-refractivity contribution is 8.01. The lowest BCUT2D eigenvalue weighted by atomic mass is 10.6. The van der Waals surface area contributed by atoms with E-state index in [4.69, 9.17) is 0 Å². The van der Waals surface area contributed by atoms with Crippen LogP contribution in [0.15, 0.2) is 0 Å². The standard InChI is InChI=1S/C5H9F2S/c1-2-3-8-4-5(6)7/h3,5H,2,4H2,1H3. The molecule has 0 unspecified atom stereocenters. The molecule has 0 amide bonds. The van der Waals surface area contributed by atoms with Crippen molar-refractivity contribution in [2.75, 3.05) is 5.75 Å². The molecule has 0 aliphatic carbocycles. The molecule has 8 heavy (non-hydrogen) atoms. The van der Waals surface area contributed by atoms with E-state index >= 15 is 0 Å². The molecule has 0 aliphatic rings. The summed E-state index contributed by atoms with van der Waals surface area (Å²) >= 11 is 1.19. The maximum atomic E-state index is 11.3. The van der Waals surface area contributed by atoms with Gasteiger partial charge in [-0.05, 0) is 6.42 Å². The molecule has 0 aromatic rings. The summed E-state index contributed by atoms with van der Waals surface area (Å²) in [4.78, 5) is 0. The average molecular weight is 139 g/mol. The van der Waals surface area contributed by atoms with Crippen LogP contribution in [0.25, 0.3) is 0 Å². The minimum Gasteiger partial charge on any atom is -0.210 e. The molecule has 0 saturated carbocycles. The van der Waals surface area contributed by atoms with E-state index in [1.54, 1.807) is 5.75 Å². The van der Waals surface area contributed by atoms with E-state index in [1.165, 1.54) is 11.8 Å². The van der Waals surface area contributed by atoms with E-state index in [1.807, 2.05) is 6.92 Å². The van der Waals surface area contributed by atoms with Gasteiger partial charge < -0.3 is 0 Å². The predicted molar refractivity (Wildman–Crippen MR) is 33.1 cm³/mol. The number of rotatable bonds is 4. The van der Waals surface area contributed by atoms with Crippen molar-refractivity contribution in [1.82, 2.24) is 0 Å². The number of alkyl halides is 2. The molecule has 49 valence electrons. The largest absolute Gasteiger partial charge is 0.247 e. The first-order valence-corrected chi connectivity index (χ1v) is 3.53. The predicted octanol–water partition coefficient (Wildman–Crippen LogP) is 2.56. The lowest BCUT2D eigenvalue weighted by Gasteiger charge is -1.94. The van der Waals surface area contributed by atoms with E-state index in [2.05, 4.69) is 0 Å². The van der Waals surface area contributed by atoms with Crippen LogP contribution in [0.5, 0.6) is 0 Å². The Labute approximate surface area is 52.7 Å². The first kappa shape index (κ1) is 8.21. The van der Waals surface area contributed by atoms with E-state index in [9.17, 15) is 8.78 Å². The van der Waals surface area contributed by atoms with Crippen molar-refractivity contribution in [2.45, 2.75) is 19.8 Å². The van der Waals surface area contributed by atoms with Crippen molar-refractivity contribution in [3.8, 4) is 0 Å². The Balaban J connectivity index is 2.72. The van der Waals surface area contributed by atoms with Crippen molar-refractivity contribution in [2.24, 2.45) is 0 Å². The fourth-order valence-corrected chi connectivity index (χ4v) is 0.776. The molecule has 0 rings (SSSR count). The molecule has 0 fully saturated rings. The van der Waals surface area contributed by atoms with Gasteiger partial charge in [0.15, 0.2) is 0 Å². The first-order chi connectivity index (χ1) is 3.77. The molecule has 0 nitrogen and oxygen atoms in total. The Bertz CT molecular complexity index is 47.7. The highest BCUT2D eigenvalue weighted by Crippen LogP contribution is 2.11. The smallest absolute Gasteiger partial charge is 0.210 e. The molecule has 0 bridgehead atoms. The molecule has 0 atom stereocenters. The van der Waals surface area contributed by atoms with Gasteiger partial charge in [0.1, 0.15) is 0 Å². The number of halogens is 2. The summed E-state index contributed by atoms with van der Waals surface area (Å²) in [6, 6.07) is 0. The van der Waals surface area contributed by atoms with Gasteiger partial charge in [-0.25, -0.2) is 8.78 Å². The van der Waals surface area contributed by atoms with Crippen LogP contribution in [0, 0.1) is 5.75 Å². The zero-order valence-electron chi connectivity index (χ0n) is 4.73. The summed E-state index contributed by atoms with van der Waals surface area (Å²) < 4.78 is 22.6. The highest BCUT2D eigenvalue weighted by atomic mass is 32.2. The van der Waals surface area contributed by atoms with Crippen LogP contribution < -0.4 is 0 Å². The molecule has 0 N–H and O–H groups in total. The molecular formula is C5H9F2S. The van der Waals surface area contributed by atoms with Gasteiger partial charge in [0.25, 0.3) is 0 Å². The van der Waals surface area contributed by atoms with Crippen LogP contribution in [-0.4, -0.2) is 12.2 Å². The lowest BCUT2D eigenvalue weighted by Crippen LogP contribution is -1.92. The molecule has 1 radical (unpaired) electrons. The van der Waals surface area contributed by atoms with Crippen molar-refractivity contribution in [3.63, 3.8) is 0 Å². The molecule has 0 spiro atoms. The summed E-state index contributed by atoms with van der Waals surface area (Å²) in [5.41, 5.74) is 0. The van der Waals surface area contributed by atoms with E-state index in [0.717, 1.165) is 6.42 Å². The summed E-state index contributed by atoms with van der Waals surface area (Å²) in [6.45, 7) is 1.93. The molecule has 0 aromatic carbocycles. The Hall–Kier alpha value is 0.210. The van der Waals surface area contributed by atoms with E-state index in [-0.39, 0.29) is 5.75 Å². The normalized spacial score (nSPS) is 10.5. The number of hydrogen-bond donors (Lipinski definition) is 0. The fourth-order valence-electron chi connectivity index (χ4n) is 0.259. The second-order valence-corrected chi connectivity index (χ2v) is 2.30. The van der Waals surface area contributed by atoms with Crippen molar-refractivity contribution >= 4 is 11.8 Å². The van der Waals surface area contributed by atoms with Gasteiger partial charge in [-0.2, -0.15) is 11.8 Å². The Kier molecular flexibility index (Phi) is 5.49. The van der Waals surface area contributed by atoms with Crippen LogP contribution in [0.1, 0.15) is 13.3 Å². The Morgan fingerprint density at radius 2 is 2.25 bits per heavy atom. The maximum absolute atomic E-state index is 11.3. The molecule has 3 heteroatoms. The molecule has 0 heterocycles. The second-order valence-electron chi connectivity index (χ2n) is 1.30. The molecule has 0 aromatic heterocycles. The van der Waals surface area contributed by atoms with Gasteiger partial charge in [0.05, 0.1) is 5.75 Å². The minimum absolute atomic E-state index is 0.0617. The third-order valence-corrected chi connectivity index (χ3v) is 1.52. The van der Waals surface area contributed by atoms with Gasteiger partial charge in [-0.1, -0.05) is 6.92 Å². The van der Waals surface area contributed by atoms with Gasteiger partial charge in [-0.3, -0.25) is 0 Å². The van der Waals surface area contributed by atoms with Gasteiger partial charge in [-0.15, -0.1) is 0 Å². The van der Waals surface area contributed by atoms with Gasteiger partial charge in [0, 0.05) is 5.75 Å². The first-order valence-electron chi connectivity index (χ1n) is 2.48. The summed E-state index contributed by atoms with van der Waals surface area (Å²) in [5, 5.41) is 0. The summed E-state index contributed by atoms with van der Waals surface area (Å²) in [6.07, 6.45) is -1.31. The van der Waals surface area contributed by atoms with Crippen molar-refractivity contribution in [3.05, 3.63) is 5.75 Å². The third-order valence-electron chi connectivity index (χ3n) is 0.507. The number of hydrogen-bond acceptors (Lipinski definition) is 1. The average Bonchev–Trinajstić information content (AvgIpc) is 1.66. The van der Waals surface area contributed by atoms with Crippen LogP contribution in [0.2, 0.25) is 0 Å². The zero-order valence-corrected chi connectivity index (χ0v) is 5.55.